The van der Waals surface area contributed by atoms with Crippen molar-refractivity contribution in [1.82, 2.24) is 9.78 Å². The standard InChI is InChI=1S/C18H13FN4O4/c19-14-7-6-13(10-16(14)23(26)27)20-17(24)11-22-18(25)9-8-15(21-22)12-4-2-1-3-5-12/h1-10H,11H2,(H,20,24). The van der Waals surface area contributed by atoms with E-state index in [1.165, 1.54) is 12.1 Å². The Bertz CT molecular complexity index is 1070. The molecule has 3 aromatic rings. The molecule has 0 radical (unpaired) electrons. The highest BCUT2D eigenvalue weighted by molar-refractivity contribution is 5.90. The Kier molecular flexibility index (Phi) is 5.02. The first-order valence-corrected chi connectivity index (χ1v) is 7.81. The number of carbonyl (C=O) groups excluding carboxylic acids is 1. The summed E-state index contributed by atoms with van der Waals surface area (Å²) in [5, 5.41) is 17.3. The summed E-state index contributed by atoms with van der Waals surface area (Å²) in [6, 6.07) is 14.9. The van der Waals surface area contributed by atoms with Gasteiger partial charge < -0.3 is 5.32 Å². The molecule has 0 saturated heterocycles. The molecule has 1 N–H and O–H groups in total. The smallest absolute Gasteiger partial charge is 0.306 e. The van der Waals surface area contributed by atoms with Gasteiger partial charge in [0.25, 0.3) is 5.56 Å². The molecule has 0 fully saturated rings. The van der Waals surface area contributed by atoms with Gasteiger partial charge in [-0.15, -0.1) is 0 Å². The van der Waals surface area contributed by atoms with Crippen molar-refractivity contribution < 1.29 is 14.1 Å². The molecule has 9 heteroatoms. The van der Waals surface area contributed by atoms with E-state index in [0.29, 0.717) is 5.69 Å². The number of benzene rings is 2. The minimum absolute atomic E-state index is 0.0420. The van der Waals surface area contributed by atoms with Crippen molar-refractivity contribution in [1.29, 1.82) is 0 Å². The Labute approximate surface area is 152 Å². The van der Waals surface area contributed by atoms with Crippen molar-refractivity contribution >= 4 is 17.3 Å². The molecule has 1 aromatic heterocycles. The van der Waals surface area contributed by atoms with Crippen LogP contribution in [0.1, 0.15) is 0 Å². The van der Waals surface area contributed by atoms with Gasteiger partial charge in [-0.3, -0.25) is 19.7 Å². The van der Waals surface area contributed by atoms with Crippen molar-refractivity contribution in [2.75, 3.05) is 5.32 Å². The van der Waals surface area contributed by atoms with Gasteiger partial charge in [0.05, 0.1) is 10.6 Å². The fourth-order valence-electron chi connectivity index (χ4n) is 2.39. The molecule has 0 spiro atoms. The number of rotatable bonds is 5. The van der Waals surface area contributed by atoms with Crippen LogP contribution >= 0.6 is 0 Å². The van der Waals surface area contributed by atoms with Crippen molar-refractivity contribution in [3.63, 3.8) is 0 Å². The molecule has 0 unspecified atom stereocenters. The minimum atomic E-state index is -1.01. The molecular weight excluding hydrogens is 355 g/mol. The van der Waals surface area contributed by atoms with Gasteiger partial charge in [-0.1, -0.05) is 30.3 Å². The van der Waals surface area contributed by atoms with Gasteiger partial charge in [0.1, 0.15) is 6.54 Å². The van der Waals surface area contributed by atoms with Crippen molar-refractivity contribution in [2.45, 2.75) is 6.54 Å². The third kappa shape index (κ3) is 4.21. The predicted octanol–water partition coefficient (Wildman–Crippen LogP) is 2.60. The Hall–Kier alpha value is -3.88. The highest BCUT2D eigenvalue weighted by Gasteiger charge is 2.16. The van der Waals surface area contributed by atoms with Crippen LogP contribution in [0.25, 0.3) is 11.3 Å². The fourth-order valence-corrected chi connectivity index (χ4v) is 2.39. The molecular formula is C18H13FN4O4. The maximum Gasteiger partial charge on any atom is 0.306 e. The van der Waals surface area contributed by atoms with E-state index in [0.717, 1.165) is 22.4 Å². The zero-order valence-corrected chi connectivity index (χ0v) is 13.8. The summed E-state index contributed by atoms with van der Waals surface area (Å²) in [4.78, 5) is 34.0. The lowest BCUT2D eigenvalue weighted by Gasteiger charge is -2.08. The monoisotopic (exact) mass is 368 g/mol. The van der Waals surface area contributed by atoms with Crippen LogP contribution in [-0.4, -0.2) is 20.6 Å². The van der Waals surface area contributed by atoms with E-state index < -0.39 is 34.4 Å². The number of carbonyl (C=O) groups is 1. The number of halogens is 1. The summed E-state index contributed by atoms with van der Waals surface area (Å²) in [7, 11) is 0. The number of nitro groups is 1. The number of hydrogen-bond donors (Lipinski definition) is 1. The SMILES string of the molecule is O=C(Cn1nc(-c2ccccc2)ccc1=O)Nc1ccc(F)c([N+](=O)[O-])c1. The number of amides is 1. The van der Waals surface area contributed by atoms with E-state index in [1.54, 1.807) is 6.07 Å². The normalized spacial score (nSPS) is 10.4. The number of aromatic nitrogens is 2. The van der Waals surface area contributed by atoms with E-state index >= 15 is 0 Å². The molecule has 3 rings (SSSR count). The molecule has 8 nitrogen and oxygen atoms in total. The lowest BCUT2D eigenvalue weighted by Crippen LogP contribution is -2.29. The lowest BCUT2D eigenvalue weighted by molar-refractivity contribution is -0.387. The largest absolute Gasteiger partial charge is 0.324 e. The van der Waals surface area contributed by atoms with Crippen LogP contribution in [0.5, 0.6) is 0 Å². The second-order valence-electron chi connectivity index (χ2n) is 5.55. The van der Waals surface area contributed by atoms with Crippen molar-refractivity contribution in [3.05, 3.63) is 86.9 Å². The van der Waals surface area contributed by atoms with Gasteiger partial charge in [-0.2, -0.15) is 9.49 Å². The summed E-state index contributed by atoms with van der Waals surface area (Å²) in [5.41, 5.74) is 0.102. The number of nitro benzene ring substituents is 1. The molecule has 2 aromatic carbocycles. The van der Waals surface area contributed by atoms with Crippen LogP contribution < -0.4 is 10.9 Å². The van der Waals surface area contributed by atoms with Crippen molar-refractivity contribution in [3.8, 4) is 11.3 Å². The van der Waals surface area contributed by atoms with Crippen molar-refractivity contribution in [2.24, 2.45) is 0 Å². The van der Waals surface area contributed by atoms with Crippen LogP contribution in [0.2, 0.25) is 0 Å². The maximum atomic E-state index is 13.4. The summed E-state index contributed by atoms with van der Waals surface area (Å²) < 4.78 is 14.3. The third-order valence-electron chi connectivity index (χ3n) is 3.66. The molecule has 0 saturated carbocycles. The van der Waals surface area contributed by atoms with Crippen LogP contribution in [-0.2, 0) is 11.3 Å². The Morgan fingerprint density at radius 3 is 2.59 bits per heavy atom. The van der Waals surface area contributed by atoms with Gasteiger partial charge in [-0.25, -0.2) is 4.68 Å². The first kappa shape index (κ1) is 17.9. The average Bonchev–Trinajstić information content (AvgIpc) is 2.65. The second-order valence-corrected chi connectivity index (χ2v) is 5.55. The first-order valence-electron chi connectivity index (χ1n) is 7.81. The highest BCUT2D eigenvalue weighted by Crippen LogP contribution is 2.21. The zero-order valence-electron chi connectivity index (χ0n) is 13.8. The van der Waals surface area contributed by atoms with Crippen LogP contribution in [0.15, 0.2) is 65.5 Å². The fraction of sp³-hybridized carbons (Fsp3) is 0.0556. The summed E-state index contributed by atoms with van der Waals surface area (Å²) >= 11 is 0. The average molecular weight is 368 g/mol. The molecule has 0 bridgehead atoms. The predicted molar refractivity (Wildman–Crippen MR) is 95.6 cm³/mol. The Balaban J connectivity index is 1.79. The molecule has 136 valence electrons. The molecule has 0 aliphatic rings. The van der Waals surface area contributed by atoms with E-state index in [2.05, 4.69) is 10.4 Å². The summed E-state index contributed by atoms with van der Waals surface area (Å²) in [6.45, 7) is -0.398. The van der Waals surface area contributed by atoms with E-state index in [-0.39, 0.29) is 5.69 Å². The Morgan fingerprint density at radius 2 is 1.89 bits per heavy atom. The number of anilines is 1. The molecule has 0 atom stereocenters. The summed E-state index contributed by atoms with van der Waals surface area (Å²) in [5.74, 6) is -1.64. The Morgan fingerprint density at radius 1 is 1.15 bits per heavy atom. The molecule has 27 heavy (non-hydrogen) atoms. The van der Waals surface area contributed by atoms with E-state index in [1.807, 2.05) is 30.3 Å². The molecule has 1 amide bonds. The quantitative estimate of drug-likeness (QED) is 0.550. The zero-order chi connectivity index (χ0) is 19.4. The molecule has 1 heterocycles. The van der Waals surface area contributed by atoms with Crippen LogP contribution in [0.4, 0.5) is 15.8 Å². The summed E-state index contributed by atoms with van der Waals surface area (Å²) in [6.07, 6.45) is 0. The van der Waals surface area contributed by atoms with E-state index in [9.17, 15) is 24.1 Å². The highest BCUT2D eigenvalue weighted by atomic mass is 19.1. The van der Waals surface area contributed by atoms with Gasteiger partial charge in [0.2, 0.25) is 11.7 Å². The lowest BCUT2D eigenvalue weighted by atomic mass is 10.1. The first-order chi connectivity index (χ1) is 12.9. The number of nitrogens with zero attached hydrogens (tertiary/aromatic N) is 3. The van der Waals surface area contributed by atoms with Gasteiger partial charge in [0, 0.05) is 23.4 Å². The molecule has 0 aliphatic heterocycles. The topological polar surface area (TPSA) is 107 Å². The second kappa shape index (κ2) is 7.56. The maximum absolute atomic E-state index is 13.4. The molecule has 0 aliphatic carbocycles. The van der Waals surface area contributed by atoms with Gasteiger partial charge in [-0.05, 0) is 18.2 Å². The van der Waals surface area contributed by atoms with Gasteiger partial charge in [0.15, 0.2) is 0 Å². The minimum Gasteiger partial charge on any atom is -0.324 e. The van der Waals surface area contributed by atoms with Crippen LogP contribution in [0, 0.1) is 15.9 Å². The van der Waals surface area contributed by atoms with E-state index in [4.69, 9.17) is 0 Å². The number of hydrogen-bond acceptors (Lipinski definition) is 5. The number of nitrogens with one attached hydrogen (secondary N) is 1. The third-order valence-corrected chi connectivity index (χ3v) is 3.66. The van der Waals surface area contributed by atoms with Gasteiger partial charge >= 0.3 is 5.69 Å². The van der Waals surface area contributed by atoms with Crippen LogP contribution in [0.3, 0.4) is 0 Å².